The fourth-order valence-electron chi connectivity index (χ4n) is 2.27. The Hall–Kier alpha value is -2.74. The van der Waals surface area contributed by atoms with E-state index in [-0.39, 0.29) is 0 Å². The fourth-order valence-corrected chi connectivity index (χ4v) is 2.27. The second-order valence-electron chi connectivity index (χ2n) is 4.97. The van der Waals surface area contributed by atoms with Gasteiger partial charge in [-0.15, -0.1) is 0 Å². The largest absolute Gasteiger partial charge is 0.277 e. The Kier molecular flexibility index (Phi) is 3.88. The monoisotopic (exact) mass is 274 g/mol. The SMILES string of the molecule is C=C1C=CN(N(Cc2ccccc2)c2ccccc2)C=C1. The number of para-hydroxylation sites is 1. The van der Waals surface area contributed by atoms with Crippen LogP contribution in [0.1, 0.15) is 5.56 Å². The number of hydrazine groups is 1. The van der Waals surface area contributed by atoms with Gasteiger partial charge in [-0.05, 0) is 35.4 Å². The molecular formula is C19H18N2. The van der Waals surface area contributed by atoms with Crippen LogP contribution in [0.5, 0.6) is 0 Å². The smallest absolute Gasteiger partial charge is 0.0650 e. The van der Waals surface area contributed by atoms with Crippen molar-refractivity contribution in [3.8, 4) is 0 Å². The van der Waals surface area contributed by atoms with E-state index in [9.17, 15) is 0 Å². The van der Waals surface area contributed by atoms with Gasteiger partial charge in [-0.3, -0.25) is 10.0 Å². The highest BCUT2D eigenvalue weighted by molar-refractivity contribution is 5.47. The van der Waals surface area contributed by atoms with Gasteiger partial charge in [-0.1, -0.05) is 55.1 Å². The van der Waals surface area contributed by atoms with Crippen molar-refractivity contribution < 1.29 is 0 Å². The molecular weight excluding hydrogens is 256 g/mol. The lowest BCUT2D eigenvalue weighted by molar-refractivity contribution is 0.448. The molecule has 0 fully saturated rings. The van der Waals surface area contributed by atoms with Gasteiger partial charge in [0.25, 0.3) is 0 Å². The third-order valence-corrected chi connectivity index (χ3v) is 3.39. The van der Waals surface area contributed by atoms with E-state index < -0.39 is 0 Å². The van der Waals surface area contributed by atoms with Crippen LogP contribution in [-0.2, 0) is 6.54 Å². The highest BCUT2D eigenvalue weighted by atomic mass is 15.6. The van der Waals surface area contributed by atoms with Crippen molar-refractivity contribution in [3.63, 3.8) is 0 Å². The molecule has 1 heterocycles. The van der Waals surface area contributed by atoms with E-state index in [1.54, 1.807) is 0 Å². The second kappa shape index (κ2) is 6.14. The van der Waals surface area contributed by atoms with Gasteiger partial charge in [-0.2, -0.15) is 0 Å². The van der Waals surface area contributed by atoms with Crippen molar-refractivity contribution >= 4 is 5.69 Å². The van der Waals surface area contributed by atoms with Crippen LogP contribution in [-0.4, -0.2) is 5.01 Å². The molecule has 1 aliphatic heterocycles. The fraction of sp³-hybridized carbons (Fsp3) is 0.0526. The van der Waals surface area contributed by atoms with Crippen LogP contribution in [0, 0.1) is 0 Å². The maximum absolute atomic E-state index is 3.95. The summed E-state index contributed by atoms with van der Waals surface area (Å²) in [6, 6.07) is 20.9. The van der Waals surface area contributed by atoms with Crippen molar-refractivity contribution in [1.82, 2.24) is 5.01 Å². The molecule has 0 aromatic heterocycles. The predicted molar refractivity (Wildman–Crippen MR) is 88.3 cm³/mol. The number of nitrogens with zero attached hydrogens (tertiary/aromatic N) is 2. The van der Waals surface area contributed by atoms with Gasteiger partial charge in [0.2, 0.25) is 0 Å². The van der Waals surface area contributed by atoms with Gasteiger partial charge in [0.05, 0.1) is 12.2 Å². The minimum absolute atomic E-state index is 0.812. The van der Waals surface area contributed by atoms with Gasteiger partial charge < -0.3 is 0 Å². The van der Waals surface area contributed by atoms with Gasteiger partial charge in [0.1, 0.15) is 0 Å². The Bertz CT molecular complexity index is 640. The van der Waals surface area contributed by atoms with E-state index in [4.69, 9.17) is 0 Å². The van der Waals surface area contributed by atoms with E-state index >= 15 is 0 Å². The molecule has 2 heteroatoms. The maximum atomic E-state index is 3.95. The van der Waals surface area contributed by atoms with Crippen LogP contribution < -0.4 is 5.01 Å². The number of anilines is 1. The zero-order chi connectivity index (χ0) is 14.5. The lowest BCUT2D eigenvalue weighted by atomic mass is 10.2. The highest BCUT2D eigenvalue weighted by Crippen LogP contribution is 2.22. The summed E-state index contributed by atoms with van der Waals surface area (Å²) in [6.07, 6.45) is 8.11. The third-order valence-electron chi connectivity index (χ3n) is 3.39. The Balaban J connectivity index is 1.90. The standard InChI is InChI=1S/C19H18N2/c1-17-12-14-20(15-13-17)21(19-10-6-3-7-11-19)16-18-8-4-2-5-9-18/h2-15H,1,16H2. The Morgan fingerprint density at radius 3 is 2.00 bits per heavy atom. The van der Waals surface area contributed by atoms with E-state index in [2.05, 4.69) is 65.1 Å². The normalized spacial score (nSPS) is 13.5. The summed E-state index contributed by atoms with van der Waals surface area (Å²) in [5.74, 6) is 0. The first kappa shape index (κ1) is 13.3. The molecule has 0 atom stereocenters. The van der Waals surface area contributed by atoms with E-state index in [1.165, 1.54) is 5.56 Å². The van der Waals surface area contributed by atoms with Crippen LogP contribution in [0.3, 0.4) is 0 Å². The maximum Gasteiger partial charge on any atom is 0.0650 e. The van der Waals surface area contributed by atoms with Crippen LogP contribution in [0.15, 0.2) is 97.4 Å². The molecule has 0 saturated heterocycles. The number of rotatable bonds is 4. The molecule has 2 aromatic rings. The van der Waals surface area contributed by atoms with Crippen molar-refractivity contribution in [1.29, 1.82) is 0 Å². The summed E-state index contributed by atoms with van der Waals surface area (Å²) < 4.78 is 0. The van der Waals surface area contributed by atoms with Crippen LogP contribution in [0.4, 0.5) is 5.69 Å². The molecule has 0 aliphatic carbocycles. The average Bonchev–Trinajstić information content (AvgIpc) is 2.55. The summed E-state index contributed by atoms with van der Waals surface area (Å²) in [4.78, 5) is 0. The van der Waals surface area contributed by atoms with Crippen LogP contribution >= 0.6 is 0 Å². The van der Waals surface area contributed by atoms with Gasteiger partial charge in [0, 0.05) is 12.4 Å². The predicted octanol–water partition coefficient (Wildman–Crippen LogP) is 4.51. The first-order valence-corrected chi connectivity index (χ1v) is 7.03. The average molecular weight is 274 g/mol. The molecule has 2 aromatic carbocycles. The molecule has 1 aliphatic rings. The van der Waals surface area contributed by atoms with Crippen LogP contribution in [0.2, 0.25) is 0 Å². The Morgan fingerprint density at radius 1 is 0.810 bits per heavy atom. The first-order valence-electron chi connectivity index (χ1n) is 7.03. The Morgan fingerprint density at radius 2 is 1.38 bits per heavy atom. The first-order chi connectivity index (χ1) is 10.3. The minimum Gasteiger partial charge on any atom is -0.277 e. The van der Waals surface area contributed by atoms with Gasteiger partial charge >= 0.3 is 0 Å². The van der Waals surface area contributed by atoms with E-state index in [1.807, 2.05) is 36.7 Å². The zero-order valence-electron chi connectivity index (χ0n) is 11.9. The summed E-state index contributed by atoms with van der Waals surface area (Å²) in [5.41, 5.74) is 3.44. The molecule has 104 valence electrons. The lowest BCUT2D eigenvalue weighted by Gasteiger charge is -2.34. The number of hydrogen-bond donors (Lipinski definition) is 0. The number of allylic oxidation sites excluding steroid dienone is 3. The summed E-state index contributed by atoms with van der Waals surface area (Å²) in [5, 5.41) is 4.33. The highest BCUT2D eigenvalue weighted by Gasteiger charge is 2.13. The van der Waals surface area contributed by atoms with Crippen molar-refractivity contribution in [3.05, 3.63) is 103 Å². The molecule has 0 saturated carbocycles. The van der Waals surface area contributed by atoms with Gasteiger partial charge in [-0.25, -0.2) is 0 Å². The summed E-state index contributed by atoms with van der Waals surface area (Å²) >= 11 is 0. The molecule has 0 bridgehead atoms. The Labute approximate surface area is 125 Å². The number of hydrogen-bond acceptors (Lipinski definition) is 2. The topological polar surface area (TPSA) is 6.48 Å². The quantitative estimate of drug-likeness (QED) is 0.809. The molecule has 2 nitrogen and oxygen atoms in total. The van der Waals surface area contributed by atoms with Crippen molar-refractivity contribution in [2.75, 3.05) is 5.01 Å². The van der Waals surface area contributed by atoms with Crippen LogP contribution in [0.25, 0.3) is 0 Å². The van der Waals surface area contributed by atoms with Gasteiger partial charge in [0.15, 0.2) is 0 Å². The summed E-state index contributed by atoms with van der Waals surface area (Å²) in [6.45, 7) is 4.76. The zero-order valence-corrected chi connectivity index (χ0v) is 11.9. The number of benzene rings is 2. The molecule has 0 N–H and O–H groups in total. The van der Waals surface area contributed by atoms with E-state index in [0.717, 1.165) is 17.8 Å². The molecule has 0 radical (unpaired) electrons. The molecule has 0 unspecified atom stereocenters. The van der Waals surface area contributed by atoms with E-state index in [0.29, 0.717) is 0 Å². The molecule has 21 heavy (non-hydrogen) atoms. The summed E-state index contributed by atoms with van der Waals surface area (Å²) in [7, 11) is 0. The molecule has 0 spiro atoms. The molecule has 0 amide bonds. The van der Waals surface area contributed by atoms with Crippen molar-refractivity contribution in [2.45, 2.75) is 6.54 Å². The van der Waals surface area contributed by atoms with Crippen molar-refractivity contribution in [2.24, 2.45) is 0 Å². The minimum atomic E-state index is 0.812. The molecule has 3 rings (SSSR count). The lowest BCUT2D eigenvalue weighted by Crippen LogP contribution is -2.35. The second-order valence-corrected chi connectivity index (χ2v) is 4.97. The third kappa shape index (κ3) is 3.23.